The Balaban J connectivity index is 1.45. The van der Waals surface area contributed by atoms with Crippen molar-refractivity contribution in [1.82, 2.24) is 9.80 Å². The number of carbonyl (C=O) groups excluding carboxylic acids is 2. The minimum Gasteiger partial charge on any atom is -0.365 e. The fraction of sp³-hybridized carbons (Fsp3) is 0.895. The van der Waals surface area contributed by atoms with E-state index in [0.717, 1.165) is 51.7 Å². The molecule has 136 valence electrons. The average Bonchev–Trinajstić information content (AvgIpc) is 3.00. The van der Waals surface area contributed by atoms with Crippen molar-refractivity contribution in [3.05, 3.63) is 0 Å². The highest BCUT2D eigenvalue weighted by atomic mass is 16.5. The molecule has 0 aromatic heterocycles. The Morgan fingerprint density at radius 2 is 1.88 bits per heavy atom. The van der Waals surface area contributed by atoms with Gasteiger partial charge in [0.25, 0.3) is 5.91 Å². The van der Waals surface area contributed by atoms with Gasteiger partial charge in [0.05, 0.1) is 6.10 Å². The zero-order valence-electron chi connectivity index (χ0n) is 15.2. The minimum absolute atomic E-state index is 0.124. The molecule has 1 saturated carbocycles. The van der Waals surface area contributed by atoms with Gasteiger partial charge in [0.15, 0.2) is 0 Å². The van der Waals surface area contributed by atoms with E-state index in [2.05, 4.69) is 6.92 Å². The van der Waals surface area contributed by atoms with Crippen LogP contribution >= 0.6 is 0 Å². The van der Waals surface area contributed by atoms with Crippen LogP contribution in [-0.2, 0) is 14.3 Å². The third-order valence-electron chi connectivity index (χ3n) is 5.96. The summed E-state index contributed by atoms with van der Waals surface area (Å²) in [4.78, 5) is 28.5. The molecule has 3 atom stereocenters. The summed E-state index contributed by atoms with van der Waals surface area (Å²) in [6, 6.07) is 0.333. The highest BCUT2D eigenvalue weighted by Gasteiger charge is 2.33. The number of nitrogens with zero attached hydrogens (tertiary/aromatic N) is 2. The first-order valence-electron chi connectivity index (χ1n) is 9.78. The van der Waals surface area contributed by atoms with E-state index < -0.39 is 0 Å². The molecule has 2 heterocycles. The van der Waals surface area contributed by atoms with Crippen LogP contribution in [0.1, 0.15) is 65.2 Å². The third kappa shape index (κ3) is 4.11. The van der Waals surface area contributed by atoms with Crippen LogP contribution in [0.5, 0.6) is 0 Å². The first-order chi connectivity index (χ1) is 11.5. The molecule has 3 fully saturated rings. The molecule has 2 saturated heterocycles. The smallest absolute Gasteiger partial charge is 0.251 e. The van der Waals surface area contributed by atoms with Gasteiger partial charge in [-0.1, -0.05) is 19.8 Å². The fourth-order valence-electron chi connectivity index (χ4n) is 4.56. The number of ether oxygens (including phenoxy) is 1. The molecule has 5 nitrogen and oxygen atoms in total. The van der Waals surface area contributed by atoms with E-state index in [1.54, 1.807) is 0 Å². The number of likely N-dealkylation sites (tertiary alicyclic amines) is 2. The summed E-state index contributed by atoms with van der Waals surface area (Å²) in [5, 5.41) is 0. The zero-order valence-corrected chi connectivity index (χ0v) is 15.2. The van der Waals surface area contributed by atoms with Crippen LogP contribution in [0.15, 0.2) is 0 Å². The highest BCUT2D eigenvalue weighted by molar-refractivity contribution is 5.81. The van der Waals surface area contributed by atoms with E-state index in [1.165, 1.54) is 12.8 Å². The summed E-state index contributed by atoms with van der Waals surface area (Å²) in [6.07, 6.45) is 8.06. The first kappa shape index (κ1) is 17.7. The standard InChI is InChI=1S/C19H32N2O3/c1-14-5-3-6-17(13-14)24-15(2)19(23)20-11-8-16(9-12-20)21-10-4-7-18(21)22/h14-17H,3-13H2,1-2H3/t14-,15-,17-/m1/s1. The van der Waals surface area contributed by atoms with Crippen molar-refractivity contribution in [1.29, 1.82) is 0 Å². The van der Waals surface area contributed by atoms with E-state index in [-0.39, 0.29) is 18.1 Å². The summed E-state index contributed by atoms with van der Waals surface area (Å²) in [5.74, 6) is 1.13. The van der Waals surface area contributed by atoms with E-state index >= 15 is 0 Å². The van der Waals surface area contributed by atoms with Crippen LogP contribution in [0.3, 0.4) is 0 Å². The van der Waals surface area contributed by atoms with Crippen molar-refractivity contribution in [2.45, 2.75) is 83.5 Å². The predicted octanol–water partition coefficient (Wildman–Crippen LogP) is 2.58. The van der Waals surface area contributed by atoms with Gasteiger partial charge in [-0.2, -0.15) is 0 Å². The minimum atomic E-state index is -0.342. The Morgan fingerprint density at radius 1 is 1.12 bits per heavy atom. The van der Waals surface area contributed by atoms with Crippen LogP contribution in [0.2, 0.25) is 0 Å². The number of piperidine rings is 1. The summed E-state index contributed by atoms with van der Waals surface area (Å²) in [7, 11) is 0. The molecular formula is C19H32N2O3. The van der Waals surface area contributed by atoms with E-state index in [9.17, 15) is 9.59 Å². The Hall–Kier alpha value is -1.10. The average molecular weight is 336 g/mol. The summed E-state index contributed by atoms with van der Waals surface area (Å²) >= 11 is 0. The van der Waals surface area contributed by atoms with Gasteiger partial charge in [0.1, 0.15) is 6.10 Å². The van der Waals surface area contributed by atoms with Gasteiger partial charge < -0.3 is 14.5 Å². The van der Waals surface area contributed by atoms with E-state index in [4.69, 9.17) is 4.74 Å². The van der Waals surface area contributed by atoms with Gasteiger partial charge in [0, 0.05) is 32.1 Å². The van der Waals surface area contributed by atoms with Crippen LogP contribution in [0, 0.1) is 5.92 Å². The molecule has 0 aromatic carbocycles. The third-order valence-corrected chi connectivity index (χ3v) is 5.96. The summed E-state index contributed by atoms with van der Waals surface area (Å²) < 4.78 is 6.06. The Bertz CT molecular complexity index is 460. The first-order valence-corrected chi connectivity index (χ1v) is 9.78. The van der Waals surface area contributed by atoms with E-state index in [0.29, 0.717) is 24.3 Å². The molecular weight excluding hydrogens is 304 g/mol. The van der Waals surface area contributed by atoms with Gasteiger partial charge in [-0.25, -0.2) is 0 Å². The van der Waals surface area contributed by atoms with Gasteiger partial charge in [-0.05, 0) is 44.9 Å². The van der Waals surface area contributed by atoms with Crippen LogP contribution in [-0.4, -0.2) is 59.5 Å². The Labute approximate surface area is 145 Å². The van der Waals surface area contributed by atoms with Crippen molar-refractivity contribution >= 4 is 11.8 Å². The monoisotopic (exact) mass is 336 g/mol. The van der Waals surface area contributed by atoms with Crippen LogP contribution < -0.4 is 0 Å². The molecule has 24 heavy (non-hydrogen) atoms. The Kier molecular flexibility index (Phi) is 5.80. The molecule has 0 bridgehead atoms. The van der Waals surface area contributed by atoms with Crippen molar-refractivity contribution in [3.63, 3.8) is 0 Å². The van der Waals surface area contributed by atoms with Crippen LogP contribution in [0.25, 0.3) is 0 Å². The second-order valence-corrected chi connectivity index (χ2v) is 7.92. The molecule has 3 aliphatic rings. The molecule has 3 rings (SSSR count). The maximum absolute atomic E-state index is 12.7. The van der Waals surface area contributed by atoms with Crippen LogP contribution in [0.4, 0.5) is 0 Å². The lowest BCUT2D eigenvalue weighted by Gasteiger charge is -2.38. The lowest BCUT2D eigenvalue weighted by Crippen LogP contribution is -2.50. The second-order valence-electron chi connectivity index (χ2n) is 7.92. The number of hydrogen-bond donors (Lipinski definition) is 0. The van der Waals surface area contributed by atoms with Gasteiger partial charge in [-0.3, -0.25) is 9.59 Å². The van der Waals surface area contributed by atoms with Gasteiger partial charge in [0.2, 0.25) is 5.91 Å². The molecule has 1 aliphatic carbocycles. The SMILES string of the molecule is C[C@@H]1CCC[C@@H](O[C@H](C)C(=O)N2CCC(N3CCCC3=O)CC2)C1. The topological polar surface area (TPSA) is 49.9 Å². The lowest BCUT2D eigenvalue weighted by molar-refractivity contribution is -0.149. The molecule has 0 radical (unpaired) electrons. The maximum atomic E-state index is 12.7. The predicted molar refractivity (Wildman–Crippen MR) is 92.5 cm³/mol. The van der Waals surface area contributed by atoms with E-state index in [1.807, 2.05) is 16.7 Å². The number of hydrogen-bond acceptors (Lipinski definition) is 3. The number of rotatable bonds is 4. The maximum Gasteiger partial charge on any atom is 0.251 e. The molecule has 5 heteroatoms. The summed E-state index contributed by atoms with van der Waals surface area (Å²) in [5.41, 5.74) is 0. The summed E-state index contributed by atoms with van der Waals surface area (Å²) in [6.45, 7) is 6.57. The van der Waals surface area contributed by atoms with Crippen molar-refractivity contribution < 1.29 is 14.3 Å². The molecule has 2 amide bonds. The Morgan fingerprint density at radius 3 is 2.50 bits per heavy atom. The molecule has 0 aromatic rings. The highest BCUT2D eigenvalue weighted by Crippen LogP contribution is 2.27. The number of carbonyl (C=O) groups is 2. The zero-order chi connectivity index (χ0) is 17.1. The fourth-order valence-corrected chi connectivity index (χ4v) is 4.56. The number of amides is 2. The largest absolute Gasteiger partial charge is 0.365 e. The van der Waals surface area contributed by atoms with Gasteiger partial charge in [-0.15, -0.1) is 0 Å². The molecule has 2 aliphatic heterocycles. The quantitative estimate of drug-likeness (QED) is 0.793. The van der Waals surface area contributed by atoms with Crippen molar-refractivity contribution in [3.8, 4) is 0 Å². The molecule has 0 unspecified atom stereocenters. The lowest BCUT2D eigenvalue weighted by atomic mass is 9.88. The molecule has 0 N–H and O–H groups in total. The second kappa shape index (κ2) is 7.85. The van der Waals surface area contributed by atoms with Crippen molar-refractivity contribution in [2.24, 2.45) is 5.92 Å². The van der Waals surface area contributed by atoms with Gasteiger partial charge >= 0.3 is 0 Å². The molecule has 0 spiro atoms. The van der Waals surface area contributed by atoms with Crippen molar-refractivity contribution in [2.75, 3.05) is 19.6 Å². The normalized spacial score (nSPS) is 30.7.